The van der Waals surface area contributed by atoms with Gasteiger partial charge in [0.15, 0.2) is 0 Å². The Morgan fingerprint density at radius 3 is 2.35 bits per heavy atom. The van der Waals surface area contributed by atoms with E-state index in [1.165, 1.54) is 12.1 Å². The molecule has 0 aromatic heterocycles. The summed E-state index contributed by atoms with van der Waals surface area (Å²) >= 11 is 0. The van der Waals surface area contributed by atoms with E-state index >= 15 is 0 Å². The van der Waals surface area contributed by atoms with Gasteiger partial charge in [-0.05, 0) is 31.2 Å². The van der Waals surface area contributed by atoms with E-state index in [0.717, 1.165) is 5.56 Å². The van der Waals surface area contributed by atoms with Crippen LogP contribution in [-0.4, -0.2) is 24.9 Å². The molecular formula is C12H17F2NO2. The lowest BCUT2D eigenvalue weighted by molar-refractivity contribution is -0.0498. The Morgan fingerprint density at radius 1 is 1.35 bits per heavy atom. The second-order valence-corrected chi connectivity index (χ2v) is 3.92. The Bertz CT molecular complexity index is 343. The first-order chi connectivity index (χ1) is 8.01. The average molecular weight is 245 g/mol. The van der Waals surface area contributed by atoms with Crippen molar-refractivity contribution in [2.24, 2.45) is 0 Å². The van der Waals surface area contributed by atoms with Crippen LogP contribution in [0.25, 0.3) is 0 Å². The minimum absolute atomic E-state index is 0.0735. The highest BCUT2D eigenvalue weighted by Gasteiger charge is 2.24. The Hall–Kier alpha value is -1.20. The van der Waals surface area contributed by atoms with Crippen LogP contribution in [0.4, 0.5) is 8.78 Å². The van der Waals surface area contributed by atoms with E-state index in [2.05, 4.69) is 10.1 Å². The third-order valence-corrected chi connectivity index (χ3v) is 2.60. The van der Waals surface area contributed by atoms with Crippen molar-refractivity contribution >= 4 is 0 Å². The van der Waals surface area contributed by atoms with Gasteiger partial charge in [0.25, 0.3) is 0 Å². The third-order valence-electron chi connectivity index (χ3n) is 2.60. The van der Waals surface area contributed by atoms with Crippen molar-refractivity contribution in [1.29, 1.82) is 0 Å². The number of rotatable bonds is 6. The van der Waals surface area contributed by atoms with Crippen LogP contribution in [0.5, 0.6) is 5.75 Å². The summed E-state index contributed by atoms with van der Waals surface area (Å²) in [5.41, 5.74) is 0.251. The van der Waals surface area contributed by atoms with E-state index in [-0.39, 0.29) is 12.4 Å². The van der Waals surface area contributed by atoms with Gasteiger partial charge in [0.05, 0.1) is 12.1 Å². The lowest BCUT2D eigenvalue weighted by Gasteiger charge is -2.29. The minimum Gasteiger partial charge on any atom is -0.435 e. The van der Waals surface area contributed by atoms with E-state index in [1.54, 1.807) is 12.1 Å². The number of alkyl halides is 2. The largest absolute Gasteiger partial charge is 0.435 e. The molecular weight excluding hydrogens is 228 g/mol. The molecule has 3 nitrogen and oxygen atoms in total. The quantitative estimate of drug-likeness (QED) is 0.806. The fourth-order valence-electron chi connectivity index (χ4n) is 1.64. The summed E-state index contributed by atoms with van der Waals surface area (Å²) in [5.74, 6) is 0.112. The van der Waals surface area contributed by atoms with Crippen molar-refractivity contribution in [1.82, 2.24) is 5.32 Å². The van der Waals surface area contributed by atoms with Crippen LogP contribution >= 0.6 is 0 Å². The zero-order chi connectivity index (χ0) is 12.9. The molecule has 0 radical (unpaired) electrons. The van der Waals surface area contributed by atoms with Gasteiger partial charge < -0.3 is 15.2 Å². The average Bonchev–Trinajstić information content (AvgIpc) is 2.29. The molecule has 1 aromatic rings. The maximum Gasteiger partial charge on any atom is 0.387 e. The lowest BCUT2D eigenvalue weighted by Crippen LogP contribution is -2.42. The summed E-state index contributed by atoms with van der Waals surface area (Å²) in [4.78, 5) is 0. The van der Waals surface area contributed by atoms with Gasteiger partial charge in [-0.1, -0.05) is 19.1 Å². The molecule has 96 valence electrons. The van der Waals surface area contributed by atoms with E-state index in [9.17, 15) is 13.9 Å². The van der Waals surface area contributed by atoms with E-state index < -0.39 is 12.2 Å². The monoisotopic (exact) mass is 245 g/mol. The summed E-state index contributed by atoms with van der Waals surface area (Å²) in [5, 5.41) is 12.5. The fourth-order valence-corrected chi connectivity index (χ4v) is 1.64. The summed E-state index contributed by atoms with van der Waals surface area (Å²) in [6.45, 7) is 1.59. The van der Waals surface area contributed by atoms with Crippen LogP contribution in [-0.2, 0) is 5.54 Å². The van der Waals surface area contributed by atoms with E-state index in [4.69, 9.17) is 0 Å². The number of nitrogens with one attached hydrogen (secondary N) is 1. The molecule has 0 aliphatic carbocycles. The van der Waals surface area contributed by atoms with Gasteiger partial charge in [-0.2, -0.15) is 8.78 Å². The minimum atomic E-state index is -2.82. The number of aliphatic hydroxyl groups excluding tert-OH is 1. The molecule has 0 heterocycles. The van der Waals surface area contributed by atoms with Gasteiger partial charge >= 0.3 is 6.61 Å². The van der Waals surface area contributed by atoms with Crippen LogP contribution < -0.4 is 10.1 Å². The molecule has 2 N–H and O–H groups in total. The molecule has 0 saturated heterocycles. The molecule has 0 aliphatic rings. The first-order valence-electron chi connectivity index (χ1n) is 5.43. The summed E-state index contributed by atoms with van der Waals surface area (Å²) < 4.78 is 28.2. The molecule has 0 aliphatic heterocycles. The van der Waals surface area contributed by atoms with Crippen molar-refractivity contribution in [3.8, 4) is 5.75 Å². The van der Waals surface area contributed by atoms with Crippen molar-refractivity contribution in [3.05, 3.63) is 29.8 Å². The molecule has 0 amide bonds. The Morgan fingerprint density at radius 2 is 1.94 bits per heavy atom. The standard InChI is InChI=1S/C12H17F2NO2/c1-3-15-12(2,8-16)9-4-6-10(7-5-9)17-11(13)14/h4-7,11,15-16H,3,8H2,1-2H3. The molecule has 5 heteroatoms. The van der Waals surface area contributed by atoms with Crippen LogP contribution in [0, 0.1) is 0 Å². The fraction of sp³-hybridized carbons (Fsp3) is 0.500. The molecule has 1 unspecified atom stereocenters. The predicted molar refractivity (Wildman–Crippen MR) is 61.2 cm³/mol. The molecule has 1 atom stereocenters. The molecule has 1 rings (SSSR count). The van der Waals surface area contributed by atoms with Gasteiger partial charge in [-0.25, -0.2) is 0 Å². The third kappa shape index (κ3) is 3.64. The molecule has 0 saturated carbocycles. The lowest BCUT2D eigenvalue weighted by atomic mass is 9.93. The maximum absolute atomic E-state index is 12.0. The highest BCUT2D eigenvalue weighted by Crippen LogP contribution is 2.23. The first-order valence-corrected chi connectivity index (χ1v) is 5.43. The Labute approximate surface area is 99.4 Å². The zero-order valence-electron chi connectivity index (χ0n) is 9.91. The van der Waals surface area contributed by atoms with Gasteiger partial charge in [0, 0.05) is 0 Å². The maximum atomic E-state index is 12.0. The summed E-state index contributed by atoms with van der Waals surface area (Å²) in [6.07, 6.45) is 0. The van der Waals surface area contributed by atoms with Crippen molar-refractivity contribution in [2.75, 3.05) is 13.2 Å². The molecule has 0 fully saturated rings. The molecule has 0 bridgehead atoms. The van der Waals surface area contributed by atoms with Gasteiger partial charge in [-0.3, -0.25) is 0 Å². The SMILES string of the molecule is CCNC(C)(CO)c1ccc(OC(F)F)cc1. The van der Waals surface area contributed by atoms with Crippen LogP contribution in [0.2, 0.25) is 0 Å². The van der Waals surface area contributed by atoms with E-state index in [1.807, 2.05) is 13.8 Å². The van der Waals surface area contributed by atoms with Crippen molar-refractivity contribution in [3.63, 3.8) is 0 Å². The summed E-state index contributed by atoms with van der Waals surface area (Å²) in [6, 6.07) is 6.26. The number of halogens is 2. The van der Waals surface area contributed by atoms with Gasteiger partial charge in [0.2, 0.25) is 0 Å². The Balaban J connectivity index is 2.85. The molecule has 1 aromatic carbocycles. The highest BCUT2D eigenvalue weighted by molar-refractivity contribution is 5.31. The van der Waals surface area contributed by atoms with Gasteiger partial charge in [0.1, 0.15) is 5.75 Å². The Kier molecular flexibility index (Phi) is 4.84. The number of hydrogen-bond donors (Lipinski definition) is 2. The highest BCUT2D eigenvalue weighted by atomic mass is 19.3. The number of ether oxygens (including phenoxy) is 1. The molecule has 0 spiro atoms. The zero-order valence-corrected chi connectivity index (χ0v) is 9.91. The predicted octanol–water partition coefficient (Wildman–Crippen LogP) is 2.11. The normalized spacial score (nSPS) is 14.7. The second kappa shape index (κ2) is 5.93. The smallest absolute Gasteiger partial charge is 0.387 e. The second-order valence-electron chi connectivity index (χ2n) is 3.92. The van der Waals surface area contributed by atoms with Crippen molar-refractivity contribution in [2.45, 2.75) is 26.0 Å². The van der Waals surface area contributed by atoms with Gasteiger partial charge in [-0.15, -0.1) is 0 Å². The van der Waals surface area contributed by atoms with Crippen LogP contribution in [0.1, 0.15) is 19.4 Å². The van der Waals surface area contributed by atoms with Crippen LogP contribution in [0.3, 0.4) is 0 Å². The van der Waals surface area contributed by atoms with Crippen LogP contribution in [0.15, 0.2) is 24.3 Å². The topological polar surface area (TPSA) is 41.5 Å². The number of hydrogen-bond acceptors (Lipinski definition) is 3. The van der Waals surface area contributed by atoms with Crippen molar-refractivity contribution < 1.29 is 18.6 Å². The first kappa shape index (κ1) is 13.9. The number of likely N-dealkylation sites (N-methyl/N-ethyl adjacent to an activating group) is 1. The number of aliphatic hydroxyl groups is 1. The number of benzene rings is 1. The molecule has 17 heavy (non-hydrogen) atoms. The van der Waals surface area contributed by atoms with E-state index in [0.29, 0.717) is 6.54 Å². The summed E-state index contributed by atoms with van der Waals surface area (Å²) in [7, 11) is 0.